The van der Waals surface area contributed by atoms with Crippen LogP contribution in [0.1, 0.15) is 32.8 Å². The first-order valence-electron chi connectivity index (χ1n) is 6.73. The molecule has 3 nitrogen and oxygen atoms in total. The van der Waals surface area contributed by atoms with Gasteiger partial charge in [0.15, 0.2) is 0 Å². The van der Waals surface area contributed by atoms with E-state index in [4.69, 9.17) is 5.26 Å². The fraction of sp³-hybridized carbons (Fsp3) is 0.533. The first-order chi connectivity index (χ1) is 10.0. The first kappa shape index (κ1) is 18.7. The lowest BCUT2D eigenvalue weighted by Gasteiger charge is -2.32. The molecule has 0 saturated heterocycles. The lowest BCUT2D eigenvalue weighted by Crippen LogP contribution is -2.58. The zero-order chi connectivity index (χ0) is 17.0. The second kappa shape index (κ2) is 6.80. The van der Waals surface area contributed by atoms with Crippen LogP contribution < -0.4 is 4.72 Å². The molecule has 0 aromatic heterocycles. The Bertz CT molecular complexity index is 561. The second-order valence-corrected chi connectivity index (χ2v) is 7.95. The maximum atomic E-state index is 13.4. The smallest absolute Gasteiger partial charge is 0.242 e. The minimum absolute atomic E-state index is 0.0578. The second-order valence-electron chi connectivity index (χ2n) is 5.98. The molecule has 0 amide bonds. The number of benzene rings is 1. The van der Waals surface area contributed by atoms with Crippen LogP contribution in [0.4, 0.5) is 13.2 Å². The zero-order valence-electron chi connectivity index (χ0n) is 12.7. The molecule has 0 fully saturated rings. The number of nitrogens with one attached hydrogen (secondary N) is 1. The number of aryl methyl sites for hydroxylation is 1. The van der Waals surface area contributed by atoms with E-state index in [0.29, 0.717) is 5.56 Å². The Morgan fingerprint density at radius 1 is 1.18 bits per heavy atom. The molecule has 0 saturated carbocycles. The lowest BCUT2D eigenvalue weighted by atomic mass is 9.93. The molecule has 0 aliphatic heterocycles. The van der Waals surface area contributed by atoms with Gasteiger partial charge in [0.1, 0.15) is 0 Å². The molecule has 122 valence electrons. The van der Waals surface area contributed by atoms with Crippen molar-refractivity contribution < 1.29 is 17.4 Å². The van der Waals surface area contributed by atoms with E-state index in [1.807, 2.05) is 4.72 Å². The van der Waals surface area contributed by atoms with Crippen LogP contribution in [0, 0.1) is 11.3 Å². The molecule has 22 heavy (non-hydrogen) atoms. The lowest BCUT2D eigenvalue weighted by molar-refractivity contribution is -0.175. The van der Waals surface area contributed by atoms with Gasteiger partial charge >= 0.3 is 6.18 Å². The SMILES string of the molecule is CC(C)(C)S(=O)N[C@](C#N)(CCc1ccccc1)C(F)(F)F. The van der Waals surface area contributed by atoms with Crippen LogP contribution in [-0.2, 0) is 17.4 Å². The van der Waals surface area contributed by atoms with Gasteiger partial charge in [-0.2, -0.15) is 18.4 Å². The Labute approximate surface area is 131 Å². The fourth-order valence-corrected chi connectivity index (χ4v) is 2.57. The van der Waals surface area contributed by atoms with Crippen molar-refractivity contribution in [2.24, 2.45) is 0 Å². The van der Waals surface area contributed by atoms with Gasteiger partial charge in [-0.25, -0.2) is 8.93 Å². The van der Waals surface area contributed by atoms with Gasteiger partial charge in [-0.05, 0) is 39.2 Å². The van der Waals surface area contributed by atoms with E-state index < -0.39 is 33.9 Å². The first-order valence-corrected chi connectivity index (χ1v) is 7.88. The summed E-state index contributed by atoms with van der Waals surface area (Å²) in [6.07, 6.45) is -5.27. The van der Waals surface area contributed by atoms with Crippen molar-refractivity contribution in [3.8, 4) is 6.07 Å². The number of halogens is 3. The number of alkyl halides is 3. The van der Waals surface area contributed by atoms with E-state index >= 15 is 0 Å². The fourth-order valence-electron chi connectivity index (χ4n) is 1.68. The van der Waals surface area contributed by atoms with Crippen molar-refractivity contribution in [3.63, 3.8) is 0 Å². The summed E-state index contributed by atoms with van der Waals surface area (Å²) in [5, 5.41) is 9.14. The van der Waals surface area contributed by atoms with Gasteiger partial charge in [0.25, 0.3) is 0 Å². The number of nitrogens with zero attached hydrogens (tertiary/aromatic N) is 1. The van der Waals surface area contributed by atoms with Crippen molar-refractivity contribution in [1.29, 1.82) is 5.26 Å². The van der Waals surface area contributed by atoms with Crippen molar-refractivity contribution >= 4 is 11.0 Å². The summed E-state index contributed by atoms with van der Waals surface area (Å²) < 4.78 is 53.4. The molecule has 1 rings (SSSR count). The van der Waals surface area contributed by atoms with Gasteiger partial charge in [0.05, 0.1) is 21.8 Å². The Balaban J connectivity index is 3.02. The van der Waals surface area contributed by atoms with E-state index in [2.05, 4.69) is 0 Å². The summed E-state index contributed by atoms with van der Waals surface area (Å²) in [6.45, 7) is 4.64. The van der Waals surface area contributed by atoms with Crippen molar-refractivity contribution in [2.45, 2.75) is 50.1 Å². The molecule has 0 spiro atoms. The monoisotopic (exact) mass is 332 g/mol. The number of rotatable bonds is 5. The molecule has 0 aliphatic carbocycles. The van der Waals surface area contributed by atoms with Crippen LogP contribution in [0.15, 0.2) is 30.3 Å². The van der Waals surface area contributed by atoms with Gasteiger partial charge in [-0.1, -0.05) is 30.3 Å². The zero-order valence-corrected chi connectivity index (χ0v) is 13.5. The van der Waals surface area contributed by atoms with E-state index in [-0.39, 0.29) is 6.42 Å². The van der Waals surface area contributed by atoms with Crippen molar-refractivity contribution in [3.05, 3.63) is 35.9 Å². The number of hydrogen-bond acceptors (Lipinski definition) is 2. The predicted octanol–water partition coefficient (Wildman–Crippen LogP) is 3.50. The molecule has 7 heteroatoms. The number of hydrogen-bond donors (Lipinski definition) is 1. The summed E-state index contributed by atoms with van der Waals surface area (Å²) in [6, 6.07) is 9.89. The van der Waals surface area contributed by atoms with Crippen LogP contribution >= 0.6 is 0 Å². The van der Waals surface area contributed by atoms with Crippen LogP contribution in [0.2, 0.25) is 0 Å². The average molecular weight is 332 g/mol. The average Bonchev–Trinajstić information content (AvgIpc) is 2.42. The van der Waals surface area contributed by atoms with Crippen LogP contribution in [0.5, 0.6) is 0 Å². The van der Waals surface area contributed by atoms with Gasteiger partial charge in [0, 0.05) is 0 Å². The molecule has 2 atom stereocenters. The Morgan fingerprint density at radius 3 is 2.14 bits per heavy atom. The van der Waals surface area contributed by atoms with E-state index in [9.17, 15) is 17.4 Å². The third-order valence-electron chi connectivity index (χ3n) is 3.13. The third kappa shape index (κ3) is 4.55. The Hall–Kier alpha value is -1.39. The van der Waals surface area contributed by atoms with Crippen molar-refractivity contribution in [2.75, 3.05) is 0 Å². The van der Waals surface area contributed by atoms with Gasteiger partial charge in [-0.15, -0.1) is 0 Å². The molecule has 1 unspecified atom stereocenters. The van der Waals surface area contributed by atoms with Crippen molar-refractivity contribution in [1.82, 2.24) is 4.72 Å². The molecule has 1 aromatic rings. The molecule has 0 bridgehead atoms. The highest BCUT2D eigenvalue weighted by Gasteiger charge is 2.56. The Morgan fingerprint density at radius 2 is 1.73 bits per heavy atom. The molecule has 0 heterocycles. The van der Waals surface area contributed by atoms with Crippen LogP contribution in [0.25, 0.3) is 0 Å². The summed E-state index contributed by atoms with van der Waals surface area (Å²) in [7, 11) is -2.00. The largest absolute Gasteiger partial charge is 0.420 e. The molecular formula is C15H19F3N2OS. The molecule has 0 radical (unpaired) electrons. The molecular weight excluding hydrogens is 313 g/mol. The molecule has 1 aromatic carbocycles. The highest BCUT2D eigenvalue weighted by molar-refractivity contribution is 7.84. The predicted molar refractivity (Wildman–Crippen MR) is 80.2 cm³/mol. The maximum Gasteiger partial charge on any atom is 0.420 e. The van der Waals surface area contributed by atoms with E-state index in [0.717, 1.165) is 0 Å². The van der Waals surface area contributed by atoms with E-state index in [1.54, 1.807) is 51.1 Å². The summed E-state index contributed by atoms with van der Waals surface area (Å²) in [4.78, 5) is 0. The minimum Gasteiger partial charge on any atom is -0.242 e. The Kier molecular flexibility index (Phi) is 5.76. The normalized spacial score (nSPS) is 16.6. The topological polar surface area (TPSA) is 52.9 Å². The maximum absolute atomic E-state index is 13.4. The van der Waals surface area contributed by atoms with Gasteiger partial charge < -0.3 is 0 Å². The highest BCUT2D eigenvalue weighted by atomic mass is 32.2. The van der Waals surface area contributed by atoms with Crippen LogP contribution in [0.3, 0.4) is 0 Å². The highest BCUT2D eigenvalue weighted by Crippen LogP contribution is 2.35. The van der Waals surface area contributed by atoms with Gasteiger partial charge in [0.2, 0.25) is 5.54 Å². The molecule has 1 N–H and O–H groups in total. The van der Waals surface area contributed by atoms with Gasteiger partial charge in [-0.3, -0.25) is 0 Å². The number of nitriles is 1. The third-order valence-corrected chi connectivity index (χ3v) is 4.78. The summed E-state index contributed by atoms with van der Waals surface area (Å²) >= 11 is 0. The quantitative estimate of drug-likeness (QED) is 0.897. The van der Waals surface area contributed by atoms with E-state index in [1.165, 1.54) is 6.07 Å². The summed E-state index contributed by atoms with van der Waals surface area (Å²) in [5.41, 5.74) is -2.14. The van der Waals surface area contributed by atoms with Crippen LogP contribution in [-0.4, -0.2) is 20.7 Å². The summed E-state index contributed by atoms with van der Waals surface area (Å²) in [5.74, 6) is 0. The minimum atomic E-state index is -4.82. The standard InChI is InChI=1S/C15H19F3N2OS/c1-13(2,3)22(21)20-14(11-19,15(16,17)18)10-9-12-7-5-4-6-8-12/h4-8,20H,9-10H2,1-3H3/t14-,22?/m0/s1. The molecule has 0 aliphatic rings.